The van der Waals surface area contributed by atoms with Gasteiger partial charge in [-0.3, -0.25) is 0 Å². The van der Waals surface area contributed by atoms with E-state index < -0.39 is 6.10 Å². The minimum atomic E-state index is -0.657. The number of aliphatic hydroxyl groups is 1. The Labute approximate surface area is 48.8 Å². The van der Waals surface area contributed by atoms with Crippen molar-refractivity contribution in [2.75, 3.05) is 0 Å². The van der Waals surface area contributed by atoms with Crippen molar-refractivity contribution in [1.82, 2.24) is 0 Å². The molecule has 0 aromatic carbocycles. The zero-order valence-electron chi connectivity index (χ0n) is 5.19. The third-order valence-corrected chi connectivity index (χ3v) is 0.760. The van der Waals surface area contributed by atoms with Gasteiger partial charge in [-0.2, -0.15) is 0 Å². The van der Waals surface area contributed by atoms with Gasteiger partial charge < -0.3 is 5.11 Å². The highest BCUT2D eigenvalue weighted by atomic mass is 19.1. The van der Waals surface area contributed by atoms with Crippen molar-refractivity contribution in [1.29, 1.82) is 0 Å². The molecular weight excluding hydrogens is 107 g/mol. The molecule has 0 aromatic rings. The summed E-state index contributed by atoms with van der Waals surface area (Å²) >= 11 is 0. The molecule has 1 unspecified atom stereocenters. The Hall–Kier alpha value is -0.370. The standard InChI is InChI=1S/C6H11FO/c1-3-6(7)4-5(2)8/h4-5,8H,3H2,1-2H3. The Bertz CT molecular complexity index is 86.5. The summed E-state index contributed by atoms with van der Waals surface area (Å²) in [6.07, 6.45) is 0.903. The molecule has 0 aromatic heterocycles. The molecule has 0 bridgehead atoms. The maximum Gasteiger partial charge on any atom is 0.0982 e. The molecule has 0 aliphatic rings. The molecule has 0 radical (unpaired) electrons. The molecule has 1 atom stereocenters. The van der Waals surface area contributed by atoms with Crippen LogP contribution in [0, 0.1) is 0 Å². The van der Waals surface area contributed by atoms with Gasteiger partial charge in [-0.05, 0) is 19.4 Å². The van der Waals surface area contributed by atoms with E-state index >= 15 is 0 Å². The first-order chi connectivity index (χ1) is 3.66. The monoisotopic (exact) mass is 118 g/mol. The van der Waals surface area contributed by atoms with Crippen LogP contribution in [-0.2, 0) is 0 Å². The SMILES string of the molecule is CCC(F)=CC(C)O. The molecule has 1 N–H and O–H groups in total. The molecule has 2 heteroatoms. The van der Waals surface area contributed by atoms with Gasteiger partial charge in [0.15, 0.2) is 0 Å². The molecule has 0 saturated heterocycles. The van der Waals surface area contributed by atoms with Crippen LogP contribution in [0.15, 0.2) is 11.9 Å². The van der Waals surface area contributed by atoms with Crippen LogP contribution in [-0.4, -0.2) is 11.2 Å². The lowest BCUT2D eigenvalue weighted by Gasteiger charge is -1.93. The second kappa shape index (κ2) is 3.61. The van der Waals surface area contributed by atoms with E-state index in [1.54, 1.807) is 6.92 Å². The number of allylic oxidation sites excluding steroid dienone is 1. The largest absolute Gasteiger partial charge is 0.389 e. The summed E-state index contributed by atoms with van der Waals surface area (Å²) in [7, 11) is 0. The van der Waals surface area contributed by atoms with Gasteiger partial charge in [0, 0.05) is 0 Å². The maximum absolute atomic E-state index is 12.1. The number of rotatable bonds is 2. The summed E-state index contributed by atoms with van der Waals surface area (Å²) in [5, 5.41) is 8.54. The number of hydrogen-bond acceptors (Lipinski definition) is 1. The summed E-state index contributed by atoms with van der Waals surface area (Å²) in [5.74, 6) is -0.250. The predicted molar refractivity (Wildman–Crippen MR) is 31.2 cm³/mol. The highest BCUT2D eigenvalue weighted by Gasteiger charge is 1.91. The van der Waals surface area contributed by atoms with Crippen LogP contribution >= 0.6 is 0 Å². The van der Waals surface area contributed by atoms with E-state index in [1.807, 2.05) is 0 Å². The molecule has 0 heterocycles. The Kier molecular flexibility index (Phi) is 3.44. The second-order valence-electron chi connectivity index (χ2n) is 1.71. The third kappa shape index (κ3) is 3.81. The average Bonchev–Trinajstić information content (AvgIpc) is 1.65. The van der Waals surface area contributed by atoms with Gasteiger partial charge in [0.05, 0.1) is 11.9 Å². The molecule has 48 valence electrons. The van der Waals surface area contributed by atoms with Gasteiger partial charge in [0.1, 0.15) is 0 Å². The Morgan fingerprint density at radius 1 is 1.88 bits per heavy atom. The van der Waals surface area contributed by atoms with Gasteiger partial charge in [-0.25, -0.2) is 4.39 Å². The van der Waals surface area contributed by atoms with E-state index in [0.29, 0.717) is 6.42 Å². The topological polar surface area (TPSA) is 20.2 Å². The van der Waals surface area contributed by atoms with Crippen LogP contribution in [0.1, 0.15) is 20.3 Å². The lowest BCUT2D eigenvalue weighted by molar-refractivity contribution is 0.240. The third-order valence-electron chi connectivity index (χ3n) is 0.760. The molecule has 8 heavy (non-hydrogen) atoms. The van der Waals surface area contributed by atoms with E-state index in [2.05, 4.69) is 0 Å². The highest BCUT2D eigenvalue weighted by Crippen LogP contribution is 2.01. The smallest absolute Gasteiger partial charge is 0.0982 e. The van der Waals surface area contributed by atoms with Gasteiger partial charge in [0.2, 0.25) is 0 Å². The van der Waals surface area contributed by atoms with Crippen molar-refractivity contribution in [2.24, 2.45) is 0 Å². The average molecular weight is 118 g/mol. The van der Waals surface area contributed by atoms with E-state index in [4.69, 9.17) is 5.11 Å². The van der Waals surface area contributed by atoms with Gasteiger partial charge in [0.25, 0.3) is 0 Å². The predicted octanol–water partition coefficient (Wildman–Crippen LogP) is 1.63. The first kappa shape index (κ1) is 7.63. The first-order valence-electron chi connectivity index (χ1n) is 2.71. The zero-order valence-corrected chi connectivity index (χ0v) is 5.19. The van der Waals surface area contributed by atoms with E-state index in [0.717, 1.165) is 0 Å². The van der Waals surface area contributed by atoms with E-state index in [9.17, 15) is 4.39 Å². The number of halogens is 1. The summed E-state index contributed by atoms with van der Waals surface area (Å²) in [4.78, 5) is 0. The number of hydrogen-bond donors (Lipinski definition) is 1. The summed E-state index contributed by atoms with van der Waals surface area (Å²) in [5.41, 5.74) is 0. The molecule has 0 amide bonds. The second-order valence-corrected chi connectivity index (χ2v) is 1.71. The summed E-state index contributed by atoms with van der Waals surface area (Å²) in [6.45, 7) is 3.23. The lowest BCUT2D eigenvalue weighted by Crippen LogP contribution is -1.93. The fraction of sp³-hybridized carbons (Fsp3) is 0.667. The van der Waals surface area contributed by atoms with Crippen LogP contribution in [0.25, 0.3) is 0 Å². The lowest BCUT2D eigenvalue weighted by atomic mass is 10.3. The molecule has 1 nitrogen and oxygen atoms in total. The van der Waals surface area contributed by atoms with Gasteiger partial charge in [-0.15, -0.1) is 0 Å². The minimum absolute atomic E-state index is 0.250. The van der Waals surface area contributed by atoms with Crippen LogP contribution < -0.4 is 0 Å². The van der Waals surface area contributed by atoms with Crippen molar-refractivity contribution >= 4 is 0 Å². The molecule has 0 aliphatic carbocycles. The van der Waals surface area contributed by atoms with Crippen molar-refractivity contribution in [2.45, 2.75) is 26.4 Å². The van der Waals surface area contributed by atoms with Crippen LogP contribution in [0.2, 0.25) is 0 Å². The van der Waals surface area contributed by atoms with Crippen molar-refractivity contribution in [3.05, 3.63) is 11.9 Å². The Morgan fingerprint density at radius 2 is 2.38 bits per heavy atom. The summed E-state index contributed by atoms with van der Waals surface area (Å²) in [6, 6.07) is 0. The van der Waals surface area contributed by atoms with E-state index in [1.165, 1.54) is 13.0 Å². The summed E-state index contributed by atoms with van der Waals surface area (Å²) < 4.78 is 12.1. The Balaban J connectivity index is 3.56. The fourth-order valence-electron chi connectivity index (χ4n) is 0.380. The zero-order chi connectivity index (χ0) is 6.57. The molecule has 0 fully saturated rings. The number of aliphatic hydroxyl groups excluding tert-OH is 1. The highest BCUT2D eigenvalue weighted by molar-refractivity contribution is 4.93. The van der Waals surface area contributed by atoms with Crippen LogP contribution in [0.5, 0.6) is 0 Å². The minimum Gasteiger partial charge on any atom is -0.389 e. The Morgan fingerprint density at radius 3 is 2.50 bits per heavy atom. The van der Waals surface area contributed by atoms with E-state index in [-0.39, 0.29) is 5.83 Å². The maximum atomic E-state index is 12.1. The normalized spacial score (nSPS) is 16.2. The van der Waals surface area contributed by atoms with Gasteiger partial charge >= 0.3 is 0 Å². The quantitative estimate of drug-likeness (QED) is 0.584. The molecule has 0 saturated carbocycles. The van der Waals surface area contributed by atoms with Crippen molar-refractivity contribution in [3.63, 3.8) is 0 Å². The van der Waals surface area contributed by atoms with Crippen LogP contribution in [0.3, 0.4) is 0 Å². The van der Waals surface area contributed by atoms with Gasteiger partial charge in [-0.1, -0.05) is 6.92 Å². The fourth-order valence-corrected chi connectivity index (χ4v) is 0.380. The molecular formula is C6H11FO. The van der Waals surface area contributed by atoms with Crippen LogP contribution in [0.4, 0.5) is 4.39 Å². The van der Waals surface area contributed by atoms with Crippen molar-refractivity contribution in [3.8, 4) is 0 Å². The molecule has 0 spiro atoms. The molecule has 0 aliphatic heterocycles. The first-order valence-corrected chi connectivity index (χ1v) is 2.71. The molecule has 0 rings (SSSR count). The van der Waals surface area contributed by atoms with Crippen molar-refractivity contribution < 1.29 is 9.50 Å².